The Morgan fingerprint density at radius 1 is 1.27 bits per heavy atom. The molecule has 0 fully saturated rings. The van der Waals surface area contributed by atoms with Crippen molar-refractivity contribution in [2.75, 3.05) is 6.54 Å². The first kappa shape index (κ1) is 18.1. The van der Waals surface area contributed by atoms with Crippen molar-refractivity contribution in [3.05, 3.63) is 40.5 Å². The van der Waals surface area contributed by atoms with E-state index in [1.165, 1.54) is 0 Å². The number of fused-ring (bicyclic) bond motifs is 1. The maximum atomic E-state index is 12.7. The number of nitrogens with zero attached hydrogens (tertiary/aromatic N) is 4. The number of amides is 1. The topological polar surface area (TPSA) is 85.8 Å². The third-order valence-corrected chi connectivity index (χ3v) is 4.41. The Morgan fingerprint density at radius 2 is 2.04 bits per heavy atom. The summed E-state index contributed by atoms with van der Waals surface area (Å²) in [5.41, 5.74) is 4.63. The molecule has 0 aliphatic rings. The minimum atomic E-state index is -0.126. The summed E-state index contributed by atoms with van der Waals surface area (Å²) in [5, 5.41) is 12.1. The van der Waals surface area contributed by atoms with E-state index in [0.717, 1.165) is 30.0 Å². The van der Waals surface area contributed by atoms with Crippen LogP contribution in [0.1, 0.15) is 59.3 Å². The molecule has 0 aromatic carbocycles. The molecule has 0 spiro atoms. The highest BCUT2D eigenvalue weighted by Crippen LogP contribution is 2.25. The van der Waals surface area contributed by atoms with E-state index in [1.807, 2.05) is 45.4 Å². The predicted molar refractivity (Wildman–Crippen MR) is 99.3 cm³/mol. The van der Waals surface area contributed by atoms with E-state index in [1.54, 1.807) is 0 Å². The fourth-order valence-corrected chi connectivity index (χ4v) is 3.02. The first-order valence-corrected chi connectivity index (χ1v) is 8.93. The summed E-state index contributed by atoms with van der Waals surface area (Å²) in [7, 11) is 0. The Morgan fingerprint density at radius 3 is 2.69 bits per heavy atom. The van der Waals surface area contributed by atoms with Gasteiger partial charge in [-0.2, -0.15) is 5.10 Å². The van der Waals surface area contributed by atoms with Gasteiger partial charge in [-0.25, -0.2) is 4.98 Å². The molecule has 0 radical (unpaired) electrons. The highest BCUT2D eigenvalue weighted by Gasteiger charge is 2.19. The molecule has 1 amide bonds. The summed E-state index contributed by atoms with van der Waals surface area (Å²) < 4.78 is 7.24. The van der Waals surface area contributed by atoms with Crippen molar-refractivity contribution < 1.29 is 9.32 Å². The van der Waals surface area contributed by atoms with E-state index in [4.69, 9.17) is 4.52 Å². The quantitative estimate of drug-likeness (QED) is 0.686. The molecule has 26 heavy (non-hydrogen) atoms. The lowest BCUT2D eigenvalue weighted by Crippen LogP contribution is -2.26. The molecule has 7 heteroatoms. The molecule has 3 aromatic rings. The van der Waals surface area contributed by atoms with Crippen LogP contribution in [0.2, 0.25) is 0 Å². The molecule has 138 valence electrons. The first-order chi connectivity index (χ1) is 12.4. The number of aryl methyl sites for hydroxylation is 4. The van der Waals surface area contributed by atoms with E-state index >= 15 is 0 Å². The van der Waals surface area contributed by atoms with Crippen LogP contribution in [-0.2, 0) is 6.54 Å². The number of pyridine rings is 1. The van der Waals surface area contributed by atoms with Gasteiger partial charge in [-0.1, -0.05) is 19.0 Å². The van der Waals surface area contributed by atoms with Crippen molar-refractivity contribution in [3.8, 4) is 0 Å². The van der Waals surface area contributed by atoms with Crippen LogP contribution in [0.3, 0.4) is 0 Å². The lowest BCUT2D eigenvalue weighted by molar-refractivity contribution is 0.0954. The minimum Gasteiger partial charge on any atom is -0.352 e. The molecule has 7 nitrogen and oxygen atoms in total. The number of carbonyl (C=O) groups excluding carboxylic acids is 1. The normalized spacial score (nSPS) is 11.5. The molecular weight excluding hydrogens is 330 g/mol. The number of hydrogen-bond donors (Lipinski definition) is 1. The SMILES string of the molecule is Cc1cc(C)n(CCCNC(=O)c2cc(C(C)C)nc3onc(C)c23)n1. The van der Waals surface area contributed by atoms with Crippen molar-refractivity contribution in [3.63, 3.8) is 0 Å². The van der Waals surface area contributed by atoms with Crippen molar-refractivity contribution >= 4 is 17.0 Å². The molecular formula is C19H25N5O2. The lowest BCUT2D eigenvalue weighted by Gasteiger charge is -2.10. The summed E-state index contributed by atoms with van der Waals surface area (Å²) in [6, 6.07) is 3.89. The Bertz CT molecular complexity index is 939. The lowest BCUT2D eigenvalue weighted by atomic mass is 10.0. The molecule has 0 unspecified atom stereocenters. The number of carbonyl (C=O) groups is 1. The second kappa shape index (κ2) is 7.27. The molecule has 3 rings (SSSR count). The monoisotopic (exact) mass is 355 g/mol. The Labute approximate surface area is 152 Å². The molecule has 0 saturated heterocycles. The van der Waals surface area contributed by atoms with Crippen LogP contribution < -0.4 is 5.32 Å². The van der Waals surface area contributed by atoms with Gasteiger partial charge in [0.15, 0.2) is 0 Å². The number of hydrogen-bond acceptors (Lipinski definition) is 5. The van der Waals surface area contributed by atoms with Crippen LogP contribution in [0.25, 0.3) is 11.1 Å². The molecule has 0 atom stereocenters. The van der Waals surface area contributed by atoms with Gasteiger partial charge in [0.2, 0.25) is 0 Å². The zero-order chi connectivity index (χ0) is 18.8. The van der Waals surface area contributed by atoms with Gasteiger partial charge in [-0.05, 0) is 45.2 Å². The molecule has 3 aromatic heterocycles. The molecule has 0 bridgehead atoms. The zero-order valence-corrected chi connectivity index (χ0v) is 16.0. The number of nitrogens with one attached hydrogen (secondary N) is 1. The number of aromatic nitrogens is 4. The van der Waals surface area contributed by atoms with Crippen molar-refractivity contribution in [1.82, 2.24) is 25.2 Å². The van der Waals surface area contributed by atoms with E-state index in [2.05, 4.69) is 26.6 Å². The van der Waals surface area contributed by atoms with E-state index < -0.39 is 0 Å². The van der Waals surface area contributed by atoms with Crippen LogP contribution in [0.5, 0.6) is 0 Å². The van der Waals surface area contributed by atoms with Gasteiger partial charge in [0.1, 0.15) is 0 Å². The summed E-state index contributed by atoms with van der Waals surface area (Å²) in [5.74, 6) is 0.0707. The van der Waals surface area contributed by atoms with E-state index in [9.17, 15) is 4.79 Å². The van der Waals surface area contributed by atoms with E-state index in [-0.39, 0.29) is 11.8 Å². The van der Waals surface area contributed by atoms with Gasteiger partial charge in [-0.3, -0.25) is 9.48 Å². The van der Waals surface area contributed by atoms with Crippen molar-refractivity contribution in [2.45, 2.75) is 53.5 Å². The predicted octanol–water partition coefficient (Wildman–Crippen LogP) is 3.29. The van der Waals surface area contributed by atoms with Gasteiger partial charge >= 0.3 is 0 Å². The van der Waals surface area contributed by atoms with Crippen molar-refractivity contribution in [1.29, 1.82) is 0 Å². The maximum absolute atomic E-state index is 12.7. The molecule has 0 aliphatic carbocycles. The Kier molecular flexibility index (Phi) is 5.06. The fourth-order valence-electron chi connectivity index (χ4n) is 3.02. The summed E-state index contributed by atoms with van der Waals surface area (Å²) in [4.78, 5) is 17.2. The molecule has 0 saturated carbocycles. The Hall–Kier alpha value is -2.70. The number of rotatable bonds is 6. The van der Waals surface area contributed by atoms with Gasteiger partial charge in [-0.15, -0.1) is 0 Å². The summed E-state index contributed by atoms with van der Waals surface area (Å²) in [6.07, 6.45) is 0.807. The third kappa shape index (κ3) is 3.61. The third-order valence-electron chi connectivity index (χ3n) is 4.41. The second-order valence-electron chi connectivity index (χ2n) is 6.96. The first-order valence-electron chi connectivity index (χ1n) is 8.93. The van der Waals surface area contributed by atoms with Crippen LogP contribution in [0.4, 0.5) is 0 Å². The van der Waals surface area contributed by atoms with Gasteiger partial charge in [0, 0.05) is 24.5 Å². The van der Waals surface area contributed by atoms with Gasteiger partial charge in [0.05, 0.1) is 22.3 Å². The smallest absolute Gasteiger partial charge is 0.259 e. The van der Waals surface area contributed by atoms with Crippen LogP contribution in [-0.4, -0.2) is 32.4 Å². The van der Waals surface area contributed by atoms with Crippen molar-refractivity contribution in [2.24, 2.45) is 0 Å². The van der Waals surface area contributed by atoms with Crippen LogP contribution >= 0.6 is 0 Å². The second-order valence-corrected chi connectivity index (χ2v) is 6.96. The van der Waals surface area contributed by atoms with Crippen LogP contribution in [0, 0.1) is 20.8 Å². The largest absolute Gasteiger partial charge is 0.352 e. The average Bonchev–Trinajstić information content (AvgIpc) is 3.12. The van der Waals surface area contributed by atoms with E-state index in [0.29, 0.717) is 28.9 Å². The van der Waals surface area contributed by atoms with Gasteiger partial charge < -0.3 is 9.84 Å². The zero-order valence-electron chi connectivity index (χ0n) is 16.0. The summed E-state index contributed by atoms with van der Waals surface area (Å²) in [6.45, 7) is 11.3. The highest BCUT2D eigenvalue weighted by molar-refractivity contribution is 6.06. The average molecular weight is 355 g/mol. The van der Waals surface area contributed by atoms with Gasteiger partial charge in [0.25, 0.3) is 11.6 Å². The standard InChI is InChI=1S/C19H25N5O2/c1-11(2)16-10-15(17-14(5)23-26-19(17)21-16)18(25)20-7-6-8-24-13(4)9-12(3)22-24/h9-11H,6-8H2,1-5H3,(H,20,25). The summed E-state index contributed by atoms with van der Waals surface area (Å²) >= 11 is 0. The Balaban J connectivity index is 1.71. The fraction of sp³-hybridized carbons (Fsp3) is 0.474. The molecule has 1 N–H and O–H groups in total. The molecule has 0 aliphatic heterocycles. The molecule has 3 heterocycles. The van der Waals surface area contributed by atoms with Crippen LogP contribution in [0.15, 0.2) is 16.7 Å². The highest BCUT2D eigenvalue weighted by atomic mass is 16.5. The minimum absolute atomic E-state index is 0.126. The maximum Gasteiger partial charge on any atom is 0.259 e.